The van der Waals surface area contributed by atoms with E-state index in [0.717, 1.165) is 49.8 Å². The second-order valence-electron chi connectivity index (χ2n) is 8.29. The Bertz CT molecular complexity index is 1780. The molecular formula is C30H18N2O. The lowest BCUT2D eigenvalue weighted by Gasteiger charge is -2.14. The molecular weight excluding hydrogens is 404 g/mol. The van der Waals surface area contributed by atoms with Gasteiger partial charge >= 0.3 is 0 Å². The molecule has 0 aliphatic carbocycles. The molecule has 0 saturated heterocycles. The van der Waals surface area contributed by atoms with E-state index in [1.165, 1.54) is 10.8 Å². The fourth-order valence-electron chi connectivity index (χ4n) is 4.88. The van der Waals surface area contributed by atoms with Crippen LogP contribution in [0.25, 0.3) is 60.6 Å². The van der Waals surface area contributed by atoms with Crippen molar-refractivity contribution in [1.29, 1.82) is 0 Å². The molecule has 0 aliphatic heterocycles. The highest BCUT2D eigenvalue weighted by atomic mass is 16.3. The summed E-state index contributed by atoms with van der Waals surface area (Å²) in [5.41, 5.74) is 13.8. The largest absolute Gasteiger partial charge is 0.455 e. The first kappa shape index (κ1) is 17.9. The summed E-state index contributed by atoms with van der Waals surface area (Å²) in [5.74, 6) is 0. The molecule has 0 fully saturated rings. The highest BCUT2D eigenvalue weighted by molar-refractivity contribution is 6.10. The van der Waals surface area contributed by atoms with Crippen LogP contribution in [0.4, 0.5) is 5.69 Å². The highest BCUT2D eigenvalue weighted by Crippen LogP contribution is 2.37. The van der Waals surface area contributed by atoms with Crippen LogP contribution < -0.4 is 5.73 Å². The molecule has 33 heavy (non-hydrogen) atoms. The van der Waals surface area contributed by atoms with Crippen LogP contribution in [0, 0.1) is 12.1 Å². The van der Waals surface area contributed by atoms with E-state index in [9.17, 15) is 0 Å². The number of para-hydroxylation sites is 3. The Labute approximate surface area is 190 Å². The van der Waals surface area contributed by atoms with Crippen LogP contribution in [-0.4, -0.2) is 4.57 Å². The van der Waals surface area contributed by atoms with Crippen molar-refractivity contribution >= 4 is 49.4 Å². The fraction of sp³-hybridized carbons (Fsp3) is 0. The minimum atomic E-state index is 0.702. The summed E-state index contributed by atoms with van der Waals surface area (Å²) in [5, 5.41) is 4.43. The Morgan fingerprint density at radius 2 is 1.30 bits per heavy atom. The van der Waals surface area contributed by atoms with Crippen molar-refractivity contribution in [1.82, 2.24) is 4.57 Å². The smallest absolute Gasteiger partial charge is 0.145 e. The number of fused-ring (bicyclic) bond motifs is 6. The van der Waals surface area contributed by atoms with Gasteiger partial charge in [0.15, 0.2) is 0 Å². The van der Waals surface area contributed by atoms with Gasteiger partial charge in [-0.25, -0.2) is 0 Å². The molecule has 7 aromatic rings. The zero-order valence-corrected chi connectivity index (χ0v) is 17.7. The molecule has 154 valence electrons. The number of benzene rings is 4. The van der Waals surface area contributed by atoms with Gasteiger partial charge in [0.1, 0.15) is 11.2 Å². The Morgan fingerprint density at radius 1 is 0.636 bits per heavy atom. The predicted molar refractivity (Wildman–Crippen MR) is 136 cm³/mol. The first-order valence-electron chi connectivity index (χ1n) is 10.9. The van der Waals surface area contributed by atoms with E-state index in [0.29, 0.717) is 5.69 Å². The molecule has 0 bridgehead atoms. The standard InChI is InChI=1S/C30H18N2O/c31-20-14-16-28(32-26-10-4-1-7-21(26)22-8-2-5-11-27(22)32)25(18-20)19-13-15-24-23-9-3-6-12-29(23)33-30(24)17-19/h1-12,14,16-18H,31H2. The minimum absolute atomic E-state index is 0.702. The van der Waals surface area contributed by atoms with Gasteiger partial charge in [-0.15, -0.1) is 0 Å². The van der Waals surface area contributed by atoms with Gasteiger partial charge in [-0.2, -0.15) is 0 Å². The Morgan fingerprint density at radius 3 is 2.06 bits per heavy atom. The summed E-state index contributed by atoms with van der Waals surface area (Å²) < 4.78 is 8.43. The van der Waals surface area contributed by atoms with Gasteiger partial charge in [-0.1, -0.05) is 60.7 Å². The number of rotatable bonds is 2. The molecule has 2 heterocycles. The number of anilines is 1. The molecule has 2 aromatic heterocycles. The van der Waals surface area contributed by atoms with Gasteiger partial charge in [0, 0.05) is 33.0 Å². The first-order chi connectivity index (χ1) is 16.3. The van der Waals surface area contributed by atoms with Crippen LogP contribution in [0.2, 0.25) is 0 Å². The number of hydrogen-bond donors (Lipinski definition) is 1. The molecule has 0 saturated carbocycles. The number of hydrogen-bond acceptors (Lipinski definition) is 2. The second-order valence-corrected chi connectivity index (χ2v) is 8.29. The van der Waals surface area contributed by atoms with Crippen LogP contribution in [0.5, 0.6) is 0 Å². The Balaban J connectivity index is 1.54. The van der Waals surface area contributed by atoms with Gasteiger partial charge in [0.25, 0.3) is 0 Å². The van der Waals surface area contributed by atoms with E-state index in [2.05, 4.69) is 77.4 Å². The molecule has 2 N–H and O–H groups in total. The average molecular weight is 422 g/mol. The molecule has 0 radical (unpaired) electrons. The lowest BCUT2D eigenvalue weighted by molar-refractivity contribution is 0.669. The summed E-state index contributed by atoms with van der Waals surface area (Å²) >= 11 is 0. The minimum Gasteiger partial charge on any atom is -0.455 e. The quantitative estimate of drug-likeness (QED) is 0.293. The van der Waals surface area contributed by atoms with Crippen LogP contribution in [0.1, 0.15) is 0 Å². The number of nitrogen functional groups attached to an aromatic ring is 1. The van der Waals surface area contributed by atoms with Crippen molar-refractivity contribution in [2.24, 2.45) is 0 Å². The molecule has 5 aromatic carbocycles. The third-order valence-corrected chi connectivity index (χ3v) is 6.35. The van der Waals surface area contributed by atoms with E-state index >= 15 is 0 Å². The van der Waals surface area contributed by atoms with Crippen molar-refractivity contribution in [3.05, 3.63) is 109 Å². The lowest BCUT2D eigenvalue weighted by Crippen LogP contribution is -1.98. The fourth-order valence-corrected chi connectivity index (χ4v) is 4.88. The van der Waals surface area contributed by atoms with Crippen LogP contribution in [0.15, 0.2) is 101 Å². The third-order valence-electron chi connectivity index (χ3n) is 6.35. The normalized spacial score (nSPS) is 11.5. The molecule has 0 unspecified atom stereocenters. The third kappa shape index (κ3) is 2.58. The average Bonchev–Trinajstić information content (AvgIpc) is 3.39. The zero-order chi connectivity index (χ0) is 21.9. The highest BCUT2D eigenvalue weighted by Gasteiger charge is 2.16. The maximum atomic E-state index is 6.26. The molecule has 7 rings (SSSR count). The molecule has 0 atom stereocenters. The van der Waals surface area contributed by atoms with Crippen LogP contribution in [0.3, 0.4) is 0 Å². The van der Waals surface area contributed by atoms with Crippen molar-refractivity contribution in [3.8, 4) is 16.8 Å². The summed E-state index contributed by atoms with van der Waals surface area (Å²) in [6.45, 7) is 0. The number of furan rings is 1. The summed E-state index contributed by atoms with van der Waals surface area (Å²) in [6, 6.07) is 39.8. The number of aromatic nitrogens is 1. The van der Waals surface area contributed by atoms with E-state index in [1.807, 2.05) is 36.4 Å². The van der Waals surface area contributed by atoms with Crippen molar-refractivity contribution in [2.45, 2.75) is 0 Å². The molecule has 3 nitrogen and oxygen atoms in total. The molecule has 0 amide bonds. The molecule has 0 spiro atoms. The van der Waals surface area contributed by atoms with E-state index in [-0.39, 0.29) is 0 Å². The Kier molecular flexibility index (Phi) is 3.62. The maximum Gasteiger partial charge on any atom is 0.145 e. The topological polar surface area (TPSA) is 44.1 Å². The van der Waals surface area contributed by atoms with E-state index in [1.54, 1.807) is 0 Å². The first-order valence-corrected chi connectivity index (χ1v) is 10.9. The van der Waals surface area contributed by atoms with Crippen molar-refractivity contribution < 1.29 is 4.42 Å². The van der Waals surface area contributed by atoms with Crippen molar-refractivity contribution in [2.75, 3.05) is 5.73 Å². The monoisotopic (exact) mass is 422 g/mol. The van der Waals surface area contributed by atoms with E-state index in [4.69, 9.17) is 10.2 Å². The molecule has 0 aliphatic rings. The van der Waals surface area contributed by atoms with Gasteiger partial charge in [0.05, 0.1) is 22.1 Å². The second kappa shape index (κ2) is 6.66. The SMILES string of the molecule is Nc1ccc(-n2c3ccccc3c3ccccc32)c(-c2c#cc3c(c2)oc2ccccc23)c1. The summed E-state index contributed by atoms with van der Waals surface area (Å²) in [7, 11) is 0. The van der Waals surface area contributed by atoms with Gasteiger partial charge in [0.2, 0.25) is 0 Å². The molecule has 3 heteroatoms. The van der Waals surface area contributed by atoms with Gasteiger partial charge in [-0.3, -0.25) is 0 Å². The van der Waals surface area contributed by atoms with E-state index < -0.39 is 0 Å². The summed E-state index contributed by atoms with van der Waals surface area (Å²) in [4.78, 5) is 0. The van der Waals surface area contributed by atoms with Gasteiger partial charge in [-0.05, 0) is 48.5 Å². The Hall–Kier alpha value is -4.68. The maximum absolute atomic E-state index is 6.26. The van der Waals surface area contributed by atoms with Crippen LogP contribution >= 0.6 is 0 Å². The number of nitrogens with zero attached hydrogens (tertiary/aromatic N) is 1. The van der Waals surface area contributed by atoms with Crippen LogP contribution in [-0.2, 0) is 0 Å². The predicted octanol–water partition coefficient (Wildman–Crippen LogP) is 7.53. The number of nitrogens with two attached hydrogens (primary N) is 1. The zero-order valence-electron chi connectivity index (χ0n) is 17.7. The lowest BCUT2D eigenvalue weighted by atomic mass is 10.0. The van der Waals surface area contributed by atoms with Gasteiger partial charge < -0.3 is 14.7 Å². The van der Waals surface area contributed by atoms with Crippen molar-refractivity contribution in [3.63, 3.8) is 0 Å². The summed E-state index contributed by atoms with van der Waals surface area (Å²) in [6.07, 6.45) is 0.